The Morgan fingerprint density at radius 1 is 1.19 bits per heavy atom. The molecule has 3 aromatic rings. The number of para-hydroxylation sites is 1. The lowest BCUT2D eigenvalue weighted by Gasteiger charge is -2.40. The zero-order chi connectivity index (χ0) is 25.2. The zero-order valence-electron chi connectivity index (χ0n) is 21.7. The molecule has 1 saturated heterocycles. The van der Waals surface area contributed by atoms with Crippen molar-refractivity contribution >= 4 is 16.8 Å². The number of amides is 1. The number of fused-ring (bicyclic) bond motifs is 1. The summed E-state index contributed by atoms with van der Waals surface area (Å²) in [6.45, 7) is 9.94. The van der Waals surface area contributed by atoms with Gasteiger partial charge in [-0.2, -0.15) is 0 Å². The van der Waals surface area contributed by atoms with E-state index >= 15 is 0 Å². The Hall–Kier alpha value is -2.93. The van der Waals surface area contributed by atoms with Gasteiger partial charge in [-0.1, -0.05) is 43.7 Å². The highest BCUT2D eigenvalue weighted by Crippen LogP contribution is 2.39. The lowest BCUT2D eigenvalue weighted by molar-refractivity contribution is -0.123. The number of H-pyrrole nitrogens is 1. The van der Waals surface area contributed by atoms with E-state index < -0.39 is 0 Å². The molecule has 7 nitrogen and oxygen atoms in total. The normalized spacial score (nSPS) is 23.9. The molecular weight excluding hydrogens is 450 g/mol. The van der Waals surface area contributed by atoms with Gasteiger partial charge in [-0.15, -0.1) is 10.2 Å². The first-order valence-electron chi connectivity index (χ1n) is 13.4. The van der Waals surface area contributed by atoms with Gasteiger partial charge in [0.05, 0.1) is 6.42 Å². The maximum atomic E-state index is 11.5. The fourth-order valence-electron chi connectivity index (χ4n) is 6.28. The molecule has 1 aromatic carbocycles. The number of benzene rings is 1. The molecule has 3 heterocycles. The largest absolute Gasteiger partial charge is 0.425 e. The molecule has 0 bridgehead atoms. The summed E-state index contributed by atoms with van der Waals surface area (Å²) in [4.78, 5) is 17.4. The van der Waals surface area contributed by atoms with Crippen molar-refractivity contribution in [2.45, 2.75) is 52.9 Å². The molecule has 5 rings (SSSR count). The highest BCUT2D eigenvalue weighted by atomic mass is 16.4. The lowest BCUT2D eigenvalue weighted by atomic mass is 9.69. The summed E-state index contributed by atoms with van der Waals surface area (Å²) < 4.78 is 6.12. The third-order valence-electron chi connectivity index (χ3n) is 8.49. The first-order chi connectivity index (χ1) is 17.4. The van der Waals surface area contributed by atoms with Gasteiger partial charge in [0.25, 0.3) is 0 Å². The molecule has 0 saturated carbocycles. The maximum Gasteiger partial charge on any atom is 0.221 e. The second-order valence-corrected chi connectivity index (χ2v) is 11.2. The Labute approximate surface area is 213 Å². The molecule has 2 aliphatic rings. The number of carbonyl (C=O) groups excluding carboxylic acids is 1. The topological polar surface area (TPSA) is 101 Å². The summed E-state index contributed by atoms with van der Waals surface area (Å²) in [7, 11) is 0. The number of nitrogens with one attached hydrogen (secondary N) is 1. The van der Waals surface area contributed by atoms with Crippen molar-refractivity contribution in [3.8, 4) is 0 Å². The molecule has 36 heavy (non-hydrogen) atoms. The molecule has 3 N–H and O–H groups in total. The highest BCUT2D eigenvalue weighted by Gasteiger charge is 2.34. The van der Waals surface area contributed by atoms with Crippen LogP contribution in [0.25, 0.3) is 10.9 Å². The third kappa shape index (κ3) is 5.41. The van der Waals surface area contributed by atoms with Crippen LogP contribution in [0.1, 0.15) is 57.4 Å². The van der Waals surface area contributed by atoms with Crippen LogP contribution >= 0.6 is 0 Å². The van der Waals surface area contributed by atoms with Gasteiger partial charge < -0.3 is 20.0 Å². The number of allylic oxidation sites excluding steroid dienone is 1. The van der Waals surface area contributed by atoms with E-state index in [0.717, 1.165) is 56.7 Å². The molecule has 0 radical (unpaired) electrons. The minimum absolute atomic E-state index is 0.0467. The number of nitrogens with two attached hydrogens (primary N) is 1. The minimum atomic E-state index is -0.142. The number of likely N-dealkylation sites (tertiary alicyclic amines) is 1. The van der Waals surface area contributed by atoms with Gasteiger partial charge >= 0.3 is 0 Å². The van der Waals surface area contributed by atoms with E-state index in [4.69, 9.17) is 10.2 Å². The zero-order valence-corrected chi connectivity index (χ0v) is 21.7. The van der Waals surface area contributed by atoms with E-state index in [2.05, 4.69) is 65.1 Å². The van der Waals surface area contributed by atoms with E-state index in [1.54, 1.807) is 0 Å². The van der Waals surface area contributed by atoms with Crippen molar-refractivity contribution < 1.29 is 9.21 Å². The Bertz CT molecular complexity index is 1220. The fourth-order valence-corrected chi connectivity index (χ4v) is 6.28. The summed E-state index contributed by atoms with van der Waals surface area (Å²) in [6.07, 6.45) is 8.88. The molecule has 7 heteroatoms. The number of aromatic nitrogens is 3. The Morgan fingerprint density at radius 2 is 1.94 bits per heavy atom. The lowest BCUT2D eigenvalue weighted by Crippen LogP contribution is -2.43. The number of primary amides is 1. The number of carbonyl (C=O) groups is 1. The summed E-state index contributed by atoms with van der Waals surface area (Å²) in [5.41, 5.74) is 9.26. The number of aromatic amines is 1. The van der Waals surface area contributed by atoms with E-state index in [9.17, 15) is 4.79 Å². The first-order valence-corrected chi connectivity index (χ1v) is 13.4. The van der Waals surface area contributed by atoms with Crippen molar-refractivity contribution in [3.63, 3.8) is 0 Å². The average Bonchev–Trinajstić information content (AvgIpc) is 3.48. The standard InChI is InChI=1S/C29H39N5O2/c1-18(2)25-13-21(19(3)12-23(25)17-34-10-8-20(9-11-34)29(30)35)14-27-32-33-28(36-27)15-22-16-31-26-7-5-4-6-24(22)26/h4-7,12,16,18,20-21,23,25,31H,8-11,13-15,17H2,1-3H3,(H2,30,35)/t21-,23-,25-/m0/s1. The molecule has 3 atom stereocenters. The SMILES string of the molecule is CC1=C[C@@H](CN2CCC(C(N)=O)CC2)[C@H](C(C)C)C[C@H]1Cc1nnc(Cc2c[nH]c3ccccc23)o1. The van der Waals surface area contributed by atoms with Crippen molar-refractivity contribution in [2.75, 3.05) is 19.6 Å². The number of hydrogen-bond acceptors (Lipinski definition) is 5. The van der Waals surface area contributed by atoms with Gasteiger partial charge in [-0.25, -0.2) is 0 Å². The second-order valence-electron chi connectivity index (χ2n) is 11.2. The number of piperidine rings is 1. The third-order valence-corrected chi connectivity index (χ3v) is 8.49. The van der Waals surface area contributed by atoms with Gasteiger partial charge in [0.1, 0.15) is 0 Å². The van der Waals surface area contributed by atoms with Crippen LogP contribution in [0.15, 0.2) is 46.5 Å². The van der Waals surface area contributed by atoms with E-state index in [1.165, 1.54) is 16.5 Å². The van der Waals surface area contributed by atoms with Gasteiger partial charge in [-0.05, 0) is 74.6 Å². The molecule has 192 valence electrons. The van der Waals surface area contributed by atoms with Crippen LogP contribution in [-0.2, 0) is 17.6 Å². The Morgan fingerprint density at radius 3 is 2.69 bits per heavy atom. The van der Waals surface area contributed by atoms with E-state index in [0.29, 0.717) is 36.0 Å². The molecule has 0 spiro atoms. The van der Waals surface area contributed by atoms with Crippen LogP contribution in [0, 0.1) is 29.6 Å². The van der Waals surface area contributed by atoms with Gasteiger partial charge in [-0.3, -0.25) is 4.79 Å². The maximum absolute atomic E-state index is 11.5. The van der Waals surface area contributed by atoms with Gasteiger partial charge in [0, 0.05) is 36.0 Å². The van der Waals surface area contributed by atoms with Crippen LogP contribution < -0.4 is 5.73 Å². The van der Waals surface area contributed by atoms with Crippen molar-refractivity contribution in [1.82, 2.24) is 20.1 Å². The van der Waals surface area contributed by atoms with Crippen LogP contribution in [0.3, 0.4) is 0 Å². The predicted molar refractivity (Wildman–Crippen MR) is 141 cm³/mol. The number of nitrogens with zero attached hydrogens (tertiary/aromatic N) is 3. The van der Waals surface area contributed by atoms with Gasteiger partial charge in [0.15, 0.2) is 0 Å². The predicted octanol–water partition coefficient (Wildman–Crippen LogP) is 4.74. The first kappa shape index (κ1) is 24.8. The molecule has 1 aliphatic heterocycles. The Balaban J connectivity index is 1.23. The van der Waals surface area contributed by atoms with Crippen molar-refractivity contribution in [3.05, 3.63) is 59.5 Å². The molecular formula is C29H39N5O2. The minimum Gasteiger partial charge on any atom is -0.425 e. The molecule has 2 aromatic heterocycles. The molecule has 0 unspecified atom stereocenters. The molecule has 1 fully saturated rings. The summed E-state index contributed by atoms with van der Waals surface area (Å²) in [6, 6.07) is 8.29. The van der Waals surface area contributed by atoms with Crippen LogP contribution in [0.2, 0.25) is 0 Å². The van der Waals surface area contributed by atoms with Crippen LogP contribution in [0.4, 0.5) is 0 Å². The summed E-state index contributed by atoms with van der Waals surface area (Å²) in [5.74, 6) is 3.48. The van der Waals surface area contributed by atoms with Crippen molar-refractivity contribution in [1.29, 1.82) is 0 Å². The summed E-state index contributed by atoms with van der Waals surface area (Å²) in [5, 5.41) is 9.97. The number of hydrogen-bond donors (Lipinski definition) is 2. The van der Waals surface area contributed by atoms with Crippen LogP contribution in [0.5, 0.6) is 0 Å². The smallest absolute Gasteiger partial charge is 0.221 e. The molecule has 1 aliphatic carbocycles. The highest BCUT2D eigenvalue weighted by molar-refractivity contribution is 5.83. The monoisotopic (exact) mass is 489 g/mol. The van der Waals surface area contributed by atoms with Crippen LogP contribution in [-0.4, -0.2) is 45.6 Å². The molecule has 1 amide bonds. The second kappa shape index (κ2) is 10.6. The van der Waals surface area contributed by atoms with Gasteiger partial charge in [0.2, 0.25) is 17.7 Å². The quantitative estimate of drug-likeness (QED) is 0.445. The summed E-state index contributed by atoms with van der Waals surface area (Å²) >= 11 is 0. The Kier molecular flexibility index (Phi) is 7.28. The fraction of sp³-hybridized carbons (Fsp3) is 0.552. The van der Waals surface area contributed by atoms with Crippen molar-refractivity contribution in [2.24, 2.45) is 35.3 Å². The van der Waals surface area contributed by atoms with E-state index in [1.807, 2.05) is 12.3 Å². The van der Waals surface area contributed by atoms with E-state index in [-0.39, 0.29) is 11.8 Å². The average molecular weight is 490 g/mol. The number of rotatable bonds is 8.